The van der Waals surface area contributed by atoms with Crippen molar-refractivity contribution in [2.75, 3.05) is 5.88 Å². The molecule has 0 aliphatic carbocycles. The highest BCUT2D eigenvalue weighted by molar-refractivity contribution is 6.18. The van der Waals surface area contributed by atoms with Gasteiger partial charge in [-0.1, -0.05) is 23.8 Å². The molecular weight excluding hydrogens is 216 g/mol. The first kappa shape index (κ1) is 12.2. The maximum absolute atomic E-state index is 10.7. The number of rotatable bonds is 4. The summed E-state index contributed by atoms with van der Waals surface area (Å²) in [5.74, 6) is -0.0760. The first-order valence-electron chi connectivity index (χ1n) is 4.58. The largest absolute Gasteiger partial charge is 0.389 e. The van der Waals surface area contributed by atoms with Crippen molar-refractivity contribution >= 4 is 17.9 Å². The van der Waals surface area contributed by atoms with Gasteiger partial charge in [0.2, 0.25) is 0 Å². The van der Waals surface area contributed by atoms with Crippen molar-refractivity contribution in [3.8, 4) is 0 Å². The molecule has 1 aromatic rings. The Hall–Kier alpha value is -0.900. The van der Waals surface area contributed by atoms with Gasteiger partial charge in [0.15, 0.2) is 0 Å². The Morgan fingerprint density at radius 2 is 2.13 bits per heavy atom. The van der Waals surface area contributed by atoms with Crippen molar-refractivity contribution in [1.82, 2.24) is 0 Å². The number of aryl methyl sites for hydroxylation is 1. The van der Waals surface area contributed by atoms with Crippen LogP contribution in [0.1, 0.15) is 27.6 Å². The third-order valence-corrected chi connectivity index (χ3v) is 2.53. The van der Waals surface area contributed by atoms with Gasteiger partial charge in [0, 0.05) is 5.56 Å². The van der Waals surface area contributed by atoms with Crippen molar-refractivity contribution in [1.29, 1.82) is 0 Å². The number of aldehydes is 1. The Labute approximate surface area is 93.3 Å². The molecule has 15 heavy (non-hydrogen) atoms. The van der Waals surface area contributed by atoms with Crippen LogP contribution in [0.4, 0.5) is 0 Å². The second kappa shape index (κ2) is 5.26. The lowest BCUT2D eigenvalue weighted by atomic mass is 9.98. The van der Waals surface area contributed by atoms with Crippen LogP contribution in [-0.2, 0) is 0 Å². The summed E-state index contributed by atoms with van der Waals surface area (Å²) in [7, 11) is 0. The zero-order chi connectivity index (χ0) is 11.4. The third-order valence-electron chi connectivity index (χ3n) is 2.21. The molecule has 4 heteroatoms. The zero-order valence-corrected chi connectivity index (χ0v) is 9.11. The van der Waals surface area contributed by atoms with E-state index in [4.69, 9.17) is 11.6 Å². The number of halogens is 1. The molecule has 0 bridgehead atoms. The number of alkyl halides is 1. The van der Waals surface area contributed by atoms with Crippen molar-refractivity contribution in [3.63, 3.8) is 0 Å². The summed E-state index contributed by atoms with van der Waals surface area (Å²) in [6, 6.07) is 5.05. The number of benzene rings is 1. The highest BCUT2D eigenvalue weighted by Crippen LogP contribution is 2.22. The molecule has 0 aliphatic heterocycles. The van der Waals surface area contributed by atoms with E-state index < -0.39 is 12.2 Å². The quantitative estimate of drug-likeness (QED) is 0.606. The maximum atomic E-state index is 10.7. The van der Waals surface area contributed by atoms with Gasteiger partial charge in [0.05, 0.1) is 12.0 Å². The summed E-state index contributed by atoms with van der Waals surface area (Å²) in [6.45, 7) is 1.85. The van der Waals surface area contributed by atoms with Gasteiger partial charge < -0.3 is 10.2 Å². The average Bonchev–Trinajstić information content (AvgIpc) is 2.27. The van der Waals surface area contributed by atoms with Gasteiger partial charge in [0.1, 0.15) is 12.4 Å². The summed E-state index contributed by atoms with van der Waals surface area (Å²) in [5.41, 5.74) is 1.70. The van der Waals surface area contributed by atoms with E-state index in [1.165, 1.54) is 0 Å². The second-order valence-electron chi connectivity index (χ2n) is 3.42. The molecule has 0 saturated carbocycles. The molecule has 0 spiro atoms. The highest BCUT2D eigenvalue weighted by atomic mass is 35.5. The van der Waals surface area contributed by atoms with E-state index in [-0.39, 0.29) is 5.88 Å². The van der Waals surface area contributed by atoms with E-state index in [9.17, 15) is 15.0 Å². The molecule has 82 valence electrons. The number of carbonyl (C=O) groups excluding carboxylic acids is 1. The highest BCUT2D eigenvalue weighted by Gasteiger charge is 2.20. The molecular formula is C11H13ClO3. The fourth-order valence-electron chi connectivity index (χ4n) is 1.35. The number of aliphatic hydroxyl groups excluding tert-OH is 2. The zero-order valence-electron chi connectivity index (χ0n) is 8.35. The molecule has 0 radical (unpaired) electrons. The molecule has 0 saturated heterocycles. The van der Waals surface area contributed by atoms with E-state index in [0.717, 1.165) is 5.56 Å². The van der Waals surface area contributed by atoms with Gasteiger partial charge >= 0.3 is 0 Å². The smallest absolute Gasteiger partial charge is 0.150 e. The molecule has 1 rings (SSSR count). The summed E-state index contributed by atoms with van der Waals surface area (Å²) in [6.07, 6.45) is -1.53. The predicted molar refractivity (Wildman–Crippen MR) is 58.3 cm³/mol. The minimum absolute atomic E-state index is 0.0760. The standard InChI is InChI=1S/C11H13ClO3/c1-7-2-3-8(6-13)9(4-7)11(15)10(14)5-12/h2-4,6,10-11,14-15H,5H2,1H3. The molecule has 2 N–H and O–H groups in total. The number of carbonyl (C=O) groups is 1. The number of hydrogen-bond donors (Lipinski definition) is 2. The molecule has 3 nitrogen and oxygen atoms in total. The molecule has 0 amide bonds. The predicted octanol–water partition coefficient (Wildman–Crippen LogP) is 1.44. The van der Waals surface area contributed by atoms with Crippen LogP contribution in [0, 0.1) is 6.92 Å². The van der Waals surface area contributed by atoms with E-state index >= 15 is 0 Å². The summed E-state index contributed by atoms with van der Waals surface area (Å²) < 4.78 is 0. The van der Waals surface area contributed by atoms with Crippen LogP contribution in [0.3, 0.4) is 0 Å². The van der Waals surface area contributed by atoms with Gasteiger partial charge in [-0.2, -0.15) is 0 Å². The maximum Gasteiger partial charge on any atom is 0.150 e. The van der Waals surface area contributed by atoms with Crippen molar-refractivity contribution < 1.29 is 15.0 Å². The Morgan fingerprint density at radius 3 is 2.67 bits per heavy atom. The summed E-state index contributed by atoms with van der Waals surface area (Å²) >= 11 is 5.43. The SMILES string of the molecule is Cc1ccc(C=O)c(C(O)C(O)CCl)c1. The fraction of sp³-hybridized carbons (Fsp3) is 0.364. The Morgan fingerprint density at radius 1 is 1.47 bits per heavy atom. The van der Waals surface area contributed by atoms with Gasteiger partial charge in [-0.05, 0) is 12.5 Å². The van der Waals surface area contributed by atoms with Gasteiger partial charge in [-0.25, -0.2) is 0 Å². The first-order chi connectivity index (χ1) is 7.10. The van der Waals surface area contributed by atoms with Crippen LogP contribution >= 0.6 is 11.6 Å². The normalized spacial score (nSPS) is 14.7. The molecule has 0 fully saturated rings. The summed E-state index contributed by atoms with van der Waals surface area (Å²) in [5, 5.41) is 19.1. The number of aliphatic hydroxyl groups is 2. The average molecular weight is 229 g/mol. The van der Waals surface area contributed by atoms with Crippen LogP contribution in [0.25, 0.3) is 0 Å². The monoisotopic (exact) mass is 228 g/mol. The Bertz CT molecular complexity index is 352. The molecule has 0 heterocycles. The molecule has 0 aromatic heterocycles. The second-order valence-corrected chi connectivity index (χ2v) is 3.73. The molecule has 0 aliphatic rings. The lowest BCUT2D eigenvalue weighted by Gasteiger charge is -2.17. The Kier molecular flexibility index (Phi) is 4.27. The van der Waals surface area contributed by atoms with Crippen LogP contribution in [0.2, 0.25) is 0 Å². The lowest BCUT2D eigenvalue weighted by molar-refractivity contribution is 0.0323. The number of hydrogen-bond acceptors (Lipinski definition) is 3. The van der Waals surface area contributed by atoms with Gasteiger partial charge in [0.25, 0.3) is 0 Å². The van der Waals surface area contributed by atoms with Gasteiger partial charge in [-0.15, -0.1) is 11.6 Å². The minimum atomic E-state index is -1.12. The van der Waals surface area contributed by atoms with Crippen molar-refractivity contribution in [3.05, 3.63) is 34.9 Å². The lowest BCUT2D eigenvalue weighted by Crippen LogP contribution is -2.21. The Balaban J connectivity index is 3.10. The van der Waals surface area contributed by atoms with E-state index in [2.05, 4.69) is 0 Å². The van der Waals surface area contributed by atoms with E-state index in [1.54, 1.807) is 18.2 Å². The van der Waals surface area contributed by atoms with Crippen LogP contribution in [-0.4, -0.2) is 28.5 Å². The van der Waals surface area contributed by atoms with Crippen molar-refractivity contribution in [2.45, 2.75) is 19.1 Å². The molecule has 2 unspecified atom stereocenters. The molecule has 1 aromatic carbocycles. The minimum Gasteiger partial charge on any atom is -0.389 e. The summed E-state index contributed by atoms with van der Waals surface area (Å²) in [4.78, 5) is 10.7. The van der Waals surface area contributed by atoms with Gasteiger partial charge in [-0.3, -0.25) is 4.79 Å². The van der Waals surface area contributed by atoms with Crippen molar-refractivity contribution in [2.24, 2.45) is 0 Å². The van der Waals surface area contributed by atoms with Crippen LogP contribution in [0.5, 0.6) is 0 Å². The topological polar surface area (TPSA) is 57.5 Å². The third kappa shape index (κ3) is 2.78. The molecule has 2 atom stereocenters. The van der Waals surface area contributed by atoms with Crippen LogP contribution < -0.4 is 0 Å². The fourth-order valence-corrected chi connectivity index (χ4v) is 1.52. The van der Waals surface area contributed by atoms with E-state index in [0.29, 0.717) is 17.4 Å². The van der Waals surface area contributed by atoms with E-state index in [1.807, 2.05) is 6.92 Å². The first-order valence-corrected chi connectivity index (χ1v) is 5.11. The van der Waals surface area contributed by atoms with Crippen LogP contribution in [0.15, 0.2) is 18.2 Å².